The van der Waals surface area contributed by atoms with Crippen LogP contribution in [0.1, 0.15) is 29.0 Å². The third-order valence-electron chi connectivity index (χ3n) is 7.88. The molecule has 5 rings (SSSR count). The van der Waals surface area contributed by atoms with Crippen LogP contribution in [0.5, 0.6) is 17.2 Å². The normalized spacial score (nSPS) is 18.6. The van der Waals surface area contributed by atoms with Gasteiger partial charge in [-0.1, -0.05) is 54.6 Å². The van der Waals surface area contributed by atoms with Crippen molar-refractivity contribution in [1.82, 2.24) is 5.32 Å². The van der Waals surface area contributed by atoms with E-state index in [2.05, 4.69) is 35.6 Å². The molecule has 0 aliphatic carbocycles. The lowest BCUT2D eigenvalue weighted by molar-refractivity contribution is -0.0151. The number of fused-ring (bicyclic) bond motifs is 1. The van der Waals surface area contributed by atoms with E-state index in [0.29, 0.717) is 26.4 Å². The van der Waals surface area contributed by atoms with Crippen LogP contribution in [0.15, 0.2) is 84.9 Å². The maximum Gasteiger partial charge on any atom is 0.127 e. The molecule has 7 heteroatoms. The van der Waals surface area contributed by atoms with E-state index < -0.39 is 0 Å². The highest BCUT2D eigenvalue weighted by molar-refractivity contribution is 5.89. The number of piperidine rings is 1. The van der Waals surface area contributed by atoms with Crippen LogP contribution in [0.25, 0.3) is 10.8 Å². The molecule has 1 fully saturated rings. The lowest BCUT2D eigenvalue weighted by Crippen LogP contribution is -2.47. The van der Waals surface area contributed by atoms with Crippen LogP contribution in [0.2, 0.25) is 0 Å². The number of aliphatic hydroxyl groups is 1. The lowest BCUT2D eigenvalue weighted by Gasteiger charge is -2.38. The second-order valence-corrected chi connectivity index (χ2v) is 10.6. The van der Waals surface area contributed by atoms with Gasteiger partial charge in [0.1, 0.15) is 17.2 Å². The monoisotopic (exact) mass is 571 g/mol. The Bertz CT molecular complexity index is 1410. The van der Waals surface area contributed by atoms with E-state index in [1.54, 1.807) is 14.2 Å². The van der Waals surface area contributed by atoms with Crippen LogP contribution in [0.4, 0.5) is 0 Å². The number of benzene rings is 4. The molecule has 42 heavy (non-hydrogen) atoms. The zero-order chi connectivity index (χ0) is 29.1. The molecule has 0 spiro atoms. The largest absolute Gasteiger partial charge is 0.496 e. The van der Waals surface area contributed by atoms with Gasteiger partial charge in [0, 0.05) is 48.9 Å². The number of hydrogen-bond donors (Lipinski definition) is 2. The molecule has 1 heterocycles. The van der Waals surface area contributed by atoms with Gasteiger partial charge in [-0.15, -0.1) is 0 Å². The Morgan fingerprint density at radius 1 is 0.810 bits per heavy atom. The Kier molecular flexibility index (Phi) is 10.7. The summed E-state index contributed by atoms with van der Waals surface area (Å²) in [5.74, 6) is 2.63. The molecule has 0 aromatic heterocycles. The highest BCUT2D eigenvalue weighted by atomic mass is 16.5. The van der Waals surface area contributed by atoms with Crippen molar-refractivity contribution in [3.05, 3.63) is 102 Å². The Morgan fingerprint density at radius 2 is 1.60 bits per heavy atom. The molecule has 1 aliphatic rings. The standard InChI is InChI=1S/C35H41NO6/c1-38-32-11-6-4-9-28(32)24-40-16-7-17-41-30-14-12-26(13-15-30)35-29(22-37)20-36-21-34(35)42-23-25-18-27-8-3-5-10-31(27)33(19-25)39-2/h3-6,8-15,18-19,29,34-37H,7,16-17,20-24H2,1-2H3/t29-,34-,35?/m0/s1. The van der Waals surface area contributed by atoms with Crippen molar-refractivity contribution in [3.8, 4) is 17.2 Å². The van der Waals surface area contributed by atoms with Crippen molar-refractivity contribution >= 4 is 10.8 Å². The Balaban J connectivity index is 1.15. The molecular formula is C35H41NO6. The Labute approximate surface area is 248 Å². The summed E-state index contributed by atoms with van der Waals surface area (Å²) >= 11 is 0. The van der Waals surface area contributed by atoms with Gasteiger partial charge in [0.05, 0.1) is 46.8 Å². The highest BCUT2D eigenvalue weighted by Crippen LogP contribution is 2.34. The molecule has 1 saturated heterocycles. The van der Waals surface area contributed by atoms with Gasteiger partial charge >= 0.3 is 0 Å². The molecule has 1 unspecified atom stereocenters. The molecule has 0 radical (unpaired) electrons. The number of rotatable bonds is 14. The third kappa shape index (κ3) is 7.41. The van der Waals surface area contributed by atoms with Crippen LogP contribution >= 0.6 is 0 Å². The molecule has 7 nitrogen and oxygen atoms in total. The van der Waals surface area contributed by atoms with E-state index in [0.717, 1.165) is 64.2 Å². The first-order valence-corrected chi connectivity index (χ1v) is 14.6. The van der Waals surface area contributed by atoms with Crippen molar-refractivity contribution in [2.75, 3.05) is 47.1 Å². The summed E-state index contributed by atoms with van der Waals surface area (Å²) in [6, 6.07) is 28.5. The topological polar surface area (TPSA) is 78.4 Å². The van der Waals surface area contributed by atoms with Gasteiger partial charge in [0.25, 0.3) is 0 Å². The molecule has 2 N–H and O–H groups in total. The SMILES string of the molecule is COc1ccccc1COCCCOc1ccc(C2[C@H](CO)CNC[C@@H]2OCc2cc(OC)c3ccccc3c2)cc1. The van der Waals surface area contributed by atoms with E-state index in [9.17, 15) is 5.11 Å². The van der Waals surface area contributed by atoms with Gasteiger partial charge < -0.3 is 34.1 Å². The van der Waals surface area contributed by atoms with E-state index in [1.165, 1.54) is 0 Å². The maximum atomic E-state index is 10.2. The fourth-order valence-corrected chi connectivity index (χ4v) is 5.73. The third-order valence-corrected chi connectivity index (χ3v) is 7.88. The fourth-order valence-electron chi connectivity index (χ4n) is 5.73. The summed E-state index contributed by atoms with van der Waals surface area (Å²) in [5.41, 5.74) is 3.24. The number of methoxy groups -OCH3 is 2. The average Bonchev–Trinajstić information content (AvgIpc) is 3.05. The first-order chi connectivity index (χ1) is 20.7. The highest BCUT2D eigenvalue weighted by Gasteiger charge is 2.35. The lowest BCUT2D eigenvalue weighted by atomic mass is 9.79. The summed E-state index contributed by atoms with van der Waals surface area (Å²) in [6.07, 6.45) is 0.702. The molecule has 1 aliphatic heterocycles. The summed E-state index contributed by atoms with van der Waals surface area (Å²) in [7, 11) is 3.37. The molecule has 0 bridgehead atoms. The summed E-state index contributed by atoms with van der Waals surface area (Å²) in [6.45, 7) is 3.71. The van der Waals surface area contributed by atoms with E-state index >= 15 is 0 Å². The smallest absolute Gasteiger partial charge is 0.127 e. The zero-order valence-electron chi connectivity index (χ0n) is 24.5. The van der Waals surface area contributed by atoms with Crippen LogP contribution in [0.3, 0.4) is 0 Å². The molecule has 0 saturated carbocycles. The van der Waals surface area contributed by atoms with Crippen LogP contribution in [0, 0.1) is 5.92 Å². The van der Waals surface area contributed by atoms with Crippen molar-refractivity contribution in [3.63, 3.8) is 0 Å². The first kappa shape index (κ1) is 29.9. The van der Waals surface area contributed by atoms with Crippen molar-refractivity contribution in [1.29, 1.82) is 0 Å². The van der Waals surface area contributed by atoms with Gasteiger partial charge in [-0.25, -0.2) is 0 Å². The molecule has 4 aromatic carbocycles. The van der Waals surface area contributed by atoms with E-state index in [4.69, 9.17) is 23.7 Å². The minimum Gasteiger partial charge on any atom is -0.496 e. The van der Waals surface area contributed by atoms with E-state index in [-0.39, 0.29) is 24.5 Å². The van der Waals surface area contributed by atoms with Crippen molar-refractivity contribution in [2.45, 2.75) is 31.7 Å². The minimum absolute atomic E-state index is 0.0574. The minimum atomic E-state index is -0.0829. The fraction of sp³-hybridized carbons (Fsp3) is 0.371. The first-order valence-electron chi connectivity index (χ1n) is 14.6. The number of nitrogens with one attached hydrogen (secondary N) is 1. The number of para-hydroxylation sites is 1. The van der Waals surface area contributed by atoms with Gasteiger partial charge in [-0.2, -0.15) is 0 Å². The molecule has 3 atom stereocenters. The van der Waals surface area contributed by atoms with E-state index in [1.807, 2.05) is 54.6 Å². The predicted octanol–water partition coefficient (Wildman–Crippen LogP) is 5.72. The quantitative estimate of drug-likeness (QED) is 0.187. The molecule has 222 valence electrons. The average molecular weight is 572 g/mol. The van der Waals surface area contributed by atoms with Crippen LogP contribution in [-0.4, -0.2) is 58.3 Å². The Hall–Kier alpha value is -3.62. The summed E-state index contributed by atoms with van der Waals surface area (Å²) in [5, 5.41) is 15.9. The van der Waals surface area contributed by atoms with Gasteiger partial charge in [0.15, 0.2) is 0 Å². The second-order valence-electron chi connectivity index (χ2n) is 10.6. The molecular weight excluding hydrogens is 530 g/mol. The van der Waals surface area contributed by atoms with Crippen molar-refractivity contribution in [2.24, 2.45) is 5.92 Å². The Morgan fingerprint density at radius 3 is 2.40 bits per heavy atom. The van der Waals surface area contributed by atoms with Gasteiger partial charge in [-0.05, 0) is 46.8 Å². The number of hydrogen-bond acceptors (Lipinski definition) is 7. The second kappa shape index (κ2) is 15.0. The van der Waals surface area contributed by atoms with Gasteiger partial charge in [0.2, 0.25) is 0 Å². The maximum absolute atomic E-state index is 10.2. The van der Waals surface area contributed by atoms with Crippen LogP contribution < -0.4 is 19.5 Å². The zero-order valence-corrected chi connectivity index (χ0v) is 24.5. The van der Waals surface area contributed by atoms with Crippen molar-refractivity contribution < 1.29 is 28.8 Å². The molecule has 4 aromatic rings. The predicted molar refractivity (Wildman–Crippen MR) is 164 cm³/mol. The van der Waals surface area contributed by atoms with Gasteiger partial charge in [-0.3, -0.25) is 0 Å². The van der Waals surface area contributed by atoms with Crippen LogP contribution in [-0.2, 0) is 22.7 Å². The summed E-state index contributed by atoms with van der Waals surface area (Å²) < 4.78 is 29.3. The summed E-state index contributed by atoms with van der Waals surface area (Å²) in [4.78, 5) is 0. The molecule has 0 amide bonds. The number of ether oxygens (including phenoxy) is 5. The number of aliphatic hydroxyl groups excluding tert-OH is 1.